The topological polar surface area (TPSA) is 59.5 Å². The number of ether oxygens (including phenoxy) is 2. The number of nitrogens with one attached hydrogen (secondary N) is 1. The standard InChI is InChI=1S/C17H19ClN4O2/c18-13-1-3-14(4-2-13)21-15-11-16(20-12-19-15)22-7-5-17(6-8-22)23-9-10-24-17/h1-4,11-12H,5-10H2,(H,19,20,21). The molecule has 1 aromatic carbocycles. The van der Waals surface area contributed by atoms with Crippen LogP contribution in [0.15, 0.2) is 36.7 Å². The first kappa shape index (κ1) is 15.6. The molecule has 24 heavy (non-hydrogen) atoms. The lowest BCUT2D eigenvalue weighted by Crippen LogP contribution is -2.45. The second-order valence-electron chi connectivity index (χ2n) is 5.99. The molecule has 0 saturated carbocycles. The average Bonchev–Trinajstić information content (AvgIpc) is 3.06. The summed E-state index contributed by atoms with van der Waals surface area (Å²) < 4.78 is 11.5. The maximum Gasteiger partial charge on any atom is 0.171 e. The first-order chi connectivity index (χ1) is 11.7. The average molecular weight is 347 g/mol. The Morgan fingerprint density at radius 1 is 1.04 bits per heavy atom. The first-order valence-corrected chi connectivity index (χ1v) is 8.48. The minimum atomic E-state index is -0.367. The number of halogens is 1. The fraction of sp³-hybridized carbons (Fsp3) is 0.412. The number of hydrogen-bond acceptors (Lipinski definition) is 6. The smallest absolute Gasteiger partial charge is 0.171 e. The number of aromatic nitrogens is 2. The van der Waals surface area contributed by atoms with Crippen LogP contribution in [0, 0.1) is 0 Å². The molecule has 0 amide bonds. The van der Waals surface area contributed by atoms with Crippen LogP contribution in [0.3, 0.4) is 0 Å². The van der Waals surface area contributed by atoms with E-state index in [9.17, 15) is 0 Å². The molecule has 0 bridgehead atoms. The number of anilines is 3. The summed E-state index contributed by atoms with van der Waals surface area (Å²) >= 11 is 5.91. The van der Waals surface area contributed by atoms with E-state index >= 15 is 0 Å². The SMILES string of the molecule is Clc1ccc(Nc2cc(N3CCC4(CC3)OCCO4)ncn2)cc1. The minimum absolute atomic E-state index is 0.367. The van der Waals surface area contributed by atoms with Crippen LogP contribution in [0.1, 0.15) is 12.8 Å². The van der Waals surface area contributed by atoms with E-state index in [1.54, 1.807) is 6.33 Å². The van der Waals surface area contributed by atoms with Gasteiger partial charge in [-0.1, -0.05) is 11.6 Å². The lowest BCUT2D eigenvalue weighted by Gasteiger charge is -2.38. The lowest BCUT2D eigenvalue weighted by molar-refractivity contribution is -0.169. The molecule has 0 radical (unpaired) electrons. The Hall–Kier alpha value is -1.89. The van der Waals surface area contributed by atoms with Crippen LogP contribution >= 0.6 is 11.6 Å². The third-order valence-electron chi connectivity index (χ3n) is 4.43. The van der Waals surface area contributed by atoms with Gasteiger partial charge < -0.3 is 19.7 Å². The molecule has 0 atom stereocenters. The van der Waals surface area contributed by atoms with Crippen LogP contribution in [0.2, 0.25) is 5.02 Å². The molecule has 3 heterocycles. The highest BCUT2D eigenvalue weighted by Crippen LogP contribution is 2.33. The van der Waals surface area contributed by atoms with Crippen molar-refractivity contribution >= 4 is 28.9 Å². The largest absolute Gasteiger partial charge is 0.356 e. The second-order valence-corrected chi connectivity index (χ2v) is 6.42. The van der Waals surface area contributed by atoms with E-state index in [0.717, 1.165) is 43.3 Å². The number of piperidine rings is 1. The summed E-state index contributed by atoms with van der Waals surface area (Å²) in [4.78, 5) is 10.9. The van der Waals surface area contributed by atoms with Gasteiger partial charge in [0.2, 0.25) is 0 Å². The molecule has 2 aliphatic rings. The lowest BCUT2D eigenvalue weighted by atomic mass is 10.0. The van der Waals surface area contributed by atoms with Crippen LogP contribution in [-0.4, -0.2) is 42.1 Å². The van der Waals surface area contributed by atoms with Crippen molar-refractivity contribution in [1.29, 1.82) is 0 Å². The van der Waals surface area contributed by atoms with Crippen molar-refractivity contribution < 1.29 is 9.47 Å². The van der Waals surface area contributed by atoms with Gasteiger partial charge in [0.1, 0.15) is 18.0 Å². The molecule has 0 unspecified atom stereocenters. The summed E-state index contributed by atoms with van der Waals surface area (Å²) in [5.74, 6) is 1.30. The molecule has 7 heteroatoms. The highest BCUT2D eigenvalue weighted by Gasteiger charge is 2.40. The summed E-state index contributed by atoms with van der Waals surface area (Å²) in [5.41, 5.74) is 0.939. The first-order valence-electron chi connectivity index (χ1n) is 8.10. The molecule has 0 aliphatic carbocycles. The van der Waals surface area contributed by atoms with E-state index in [1.807, 2.05) is 30.3 Å². The molecule has 126 valence electrons. The predicted octanol–water partition coefficient (Wildman–Crippen LogP) is 3.22. The molecule has 2 fully saturated rings. The summed E-state index contributed by atoms with van der Waals surface area (Å²) in [6, 6.07) is 9.49. The fourth-order valence-electron chi connectivity index (χ4n) is 3.13. The minimum Gasteiger partial charge on any atom is -0.356 e. The summed E-state index contributed by atoms with van der Waals surface area (Å²) in [6.45, 7) is 3.11. The van der Waals surface area contributed by atoms with Crippen molar-refractivity contribution in [2.75, 3.05) is 36.5 Å². The van der Waals surface area contributed by atoms with E-state index in [1.165, 1.54) is 0 Å². The van der Waals surface area contributed by atoms with Crippen LogP contribution in [0.4, 0.5) is 17.3 Å². The van der Waals surface area contributed by atoms with Gasteiger partial charge >= 0.3 is 0 Å². The molecule has 1 spiro atoms. The summed E-state index contributed by atoms with van der Waals surface area (Å²) in [6.07, 6.45) is 3.30. The van der Waals surface area contributed by atoms with Gasteiger partial charge in [0.25, 0.3) is 0 Å². The zero-order valence-electron chi connectivity index (χ0n) is 13.2. The second kappa shape index (κ2) is 6.55. The van der Waals surface area contributed by atoms with Crippen LogP contribution in [0.5, 0.6) is 0 Å². The number of nitrogens with zero attached hydrogens (tertiary/aromatic N) is 3. The third kappa shape index (κ3) is 3.31. The Morgan fingerprint density at radius 3 is 2.46 bits per heavy atom. The monoisotopic (exact) mass is 346 g/mol. The van der Waals surface area contributed by atoms with Crippen molar-refractivity contribution in [3.05, 3.63) is 41.7 Å². The van der Waals surface area contributed by atoms with Crippen LogP contribution < -0.4 is 10.2 Å². The Balaban J connectivity index is 1.44. The molecule has 1 N–H and O–H groups in total. The zero-order chi connectivity index (χ0) is 16.4. The third-order valence-corrected chi connectivity index (χ3v) is 4.68. The molecular formula is C17H19ClN4O2. The Morgan fingerprint density at radius 2 is 1.75 bits per heavy atom. The van der Waals surface area contributed by atoms with E-state index in [4.69, 9.17) is 21.1 Å². The van der Waals surface area contributed by atoms with Crippen LogP contribution in [0.25, 0.3) is 0 Å². The van der Waals surface area contributed by atoms with Gasteiger partial charge in [0, 0.05) is 42.7 Å². The maximum absolute atomic E-state index is 5.91. The molecule has 1 aromatic heterocycles. The Bertz CT molecular complexity index is 694. The Kier molecular flexibility index (Phi) is 4.26. The van der Waals surface area contributed by atoms with Gasteiger partial charge in [-0.25, -0.2) is 9.97 Å². The normalized spacial score (nSPS) is 19.6. The van der Waals surface area contributed by atoms with Crippen molar-refractivity contribution in [3.63, 3.8) is 0 Å². The Labute approximate surface area is 145 Å². The number of hydrogen-bond donors (Lipinski definition) is 1. The quantitative estimate of drug-likeness (QED) is 0.920. The van der Waals surface area contributed by atoms with Gasteiger partial charge in [0.15, 0.2) is 5.79 Å². The fourth-order valence-corrected chi connectivity index (χ4v) is 3.26. The predicted molar refractivity (Wildman–Crippen MR) is 92.8 cm³/mol. The highest BCUT2D eigenvalue weighted by molar-refractivity contribution is 6.30. The number of rotatable bonds is 3. The molecule has 2 aromatic rings. The van der Waals surface area contributed by atoms with Gasteiger partial charge in [-0.15, -0.1) is 0 Å². The summed E-state index contributed by atoms with van der Waals surface area (Å²) in [5, 5.41) is 3.98. The van der Waals surface area contributed by atoms with Crippen LogP contribution in [-0.2, 0) is 9.47 Å². The molecule has 4 rings (SSSR count). The molecule has 2 aliphatic heterocycles. The van der Waals surface area contributed by atoms with Crippen molar-refractivity contribution in [1.82, 2.24) is 9.97 Å². The van der Waals surface area contributed by atoms with E-state index < -0.39 is 0 Å². The van der Waals surface area contributed by atoms with Crippen molar-refractivity contribution in [3.8, 4) is 0 Å². The van der Waals surface area contributed by atoms with Gasteiger partial charge in [-0.3, -0.25) is 0 Å². The van der Waals surface area contributed by atoms with Gasteiger partial charge in [-0.2, -0.15) is 0 Å². The number of benzene rings is 1. The molecule has 6 nitrogen and oxygen atoms in total. The van der Waals surface area contributed by atoms with E-state index in [-0.39, 0.29) is 5.79 Å². The highest BCUT2D eigenvalue weighted by atomic mass is 35.5. The van der Waals surface area contributed by atoms with Crippen molar-refractivity contribution in [2.45, 2.75) is 18.6 Å². The zero-order valence-corrected chi connectivity index (χ0v) is 14.0. The molecular weight excluding hydrogens is 328 g/mol. The van der Waals surface area contributed by atoms with E-state index in [2.05, 4.69) is 20.2 Å². The van der Waals surface area contributed by atoms with Crippen molar-refractivity contribution in [2.24, 2.45) is 0 Å². The molecule has 2 saturated heterocycles. The maximum atomic E-state index is 5.91. The van der Waals surface area contributed by atoms with Gasteiger partial charge in [0.05, 0.1) is 13.2 Å². The van der Waals surface area contributed by atoms with Gasteiger partial charge in [-0.05, 0) is 24.3 Å². The van der Waals surface area contributed by atoms with E-state index in [0.29, 0.717) is 18.2 Å². The summed E-state index contributed by atoms with van der Waals surface area (Å²) in [7, 11) is 0.